The minimum atomic E-state index is -3.79. The molecule has 114 valence electrons. The van der Waals surface area contributed by atoms with Gasteiger partial charge in [0, 0.05) is 37.5 Å². The number of nitrogen functional groups attached to an aromatic ring is 1. The lowest BCUT2D eigenvalue weighted by Gasteiger charge is -2.09. The summed E-state index contributed by atoms with van der Waals surface area (Å²) in [6.07, 6.45) is 2.23. The summed E-state index contributed by atoms with van der Waals surface area (Å²) in [5.41, 5.74) is 6.72. The topological polar surface area (TPSA) is 90.0 Å². The van der Waals surface area contributed by atoms with E-state index in [9.17, 15) is 12.8 Å². The Morgan fingerprint density at radius 3 is 2.71 bits per heavy atom. The first-order valence-corrected chi connectivity index (χ1v) is 7.82. The zero-order valence-electron chi connectivity index (χ0n) is 11.8. The molecule has 0 spiro atoms. The lowest BCUT2D eigenvalue weighted by Crippen LogP contribution is -2.26. The smallest absolute Gasteiger partial charge is 0.240 e. The van der Waals surface area contributed by atoms with Crippen molar-refractivity contribution in [2.45, 2.75) is 18.2 Å². The molecular formula is C13H17FN4O2S. The molecular weight excluding hydrogens is 295 g/mol. The van der Waals surface area contributed by atoms with Gasteiger partial charge in [0.15, 0.2) is 0 Å². The van der Waals surface area contributed by atoms with Crippen LogP contribution in [0.4, 0.5) is 10.1 Å². The van der Waals surface area contributed by atoms with Gasteiger partial charge in [0.25, 0.3) is 0 Å². The Hall–Kier alpha value is -1.93. The number of aromatic nitrogens is 2. The molecule has 0 saturated carbocycles. The van der Waals surface area contributed by atoms with E-state index < -0.39 is 15.8 Å². The number of sulfonamides is 1. The van der Waals surface area contributed by atoms with Crippen LogP contribution in [0.1, 0.15) is 11.3 Å². The SMILES string of the molecule is Cc1c(N)cc(S(=O)(=O)NCCc2ccn(C)n2)cc1F. The van der Waals surface area contributed by atoms with Crippen LogP contribution in [-0.2, 0) is 23.5 Å². The minimum Gasteiger partial charge on any atom is -0.398 e. The maximum absolute atomic E-state index is 13.6. The number of benzene rings is 1. The molecule has 0 atom stereocenters. The fourth-order valence-electron chi connectivity index (χ4n) is 1.82. The van der Waals surface area contributed by atoms with Gasteiger partial charge in [-0.3, -0.25) is 4.68 Å². The average Bonchev–Trinajstić information content (AvgIpc) is 2.81. The molecule has 0 aliphatic heterocycles. The van der Waals surface area contributed by atoms with E-state index in [1.54, 1.807) is 24.0 Å². The van der Waals surface area contributed by atoms with Gasteiger partial charge in [-0.1, -0.05) is 0 Å². The Labute approximate surface area is 122 Å². The molecule has 8 heteroatoms. The molecule has 6 nitrogen and oxygen atoms in total. The summed E-state index contributed by atoms with van der Waals surface area (Å²) >= 11 is 0. The number of nitrogens with one attached hydrogen (secondary N) is 1. The quantitative estimate of drug-likeness (QED) is 0.805. The Morgan fingerprint density at radius 2 is 2.14 bits per heavy atom. The Kier molecular flexibility index (Phi) is 4.29. The summed E-state index contributed by atoms with van der Waals surface area (Å²) in [6.45, 7) is 1.67. The normalized spacial score (nSPS) is 11.8. The van der Waals surface area contributed by atoms with Crippen LogP contribution in [0.15, 0.2) is 29.3 Å². The van der Waals surface area contributed by atoms with Crippen molar-refractivity contribution in [1.29, 1.82) is 0 Å². The van der Waals surface area contributed by atoms with Gasteiger partial charge in [-0.15, -0.1) is 0 Å². The second kappa shape index (κ2) is 5.82. The van der Waals surface area contributed by atoms with Crippen molar-refractivity contribution >= 4 is 15.7 Å². The molecule has 0 saturated heterocycles. The number of anilines is 1. The number of nitrogens with zero attached hydrogens (tertiary/aromatic N) is 2. The molecule has 0 fully saturated rings. The predicted octanol–water partition coefficient (Wildman–Crippen LogP) is 0.971. The fourth-order valence-corrected chi connectivity index (χ4v) is 2.90. The first-order valence-electron chi connectivity index (χ1n) is 6.33. The number of hydrogen-bond acceptors (Lipinski definition) is 4. The highest BCUT2D eigenvalue weighted by Crippen LogP contribution is 2.20. The van der Waals surface area contributed by atoms with E-state index in [4.69, 9.17) is 5.73 Å². The number of rotatable bonds is 5. The molecule has 2 rings (SSSR count). The highest BCUT2D eigenvalue weighted by Gasteiger charge is 2.17. The number of halogens is 1. The Bertz CT molecular complexity index is 732. The van der Waals surface area contributed by atoms with Crippen molar-refractivity contribution in [3.8, 4) is 0 Å². The first kappa shape index (κ1) is 15.5. The summed E-state index contributed by atoms with van der Waals surface area (Å²) in [5, 5.41) is 4.14. The highest BCUT2D eigenvalue weighted by atomic mass is 32.2. The second-order valence-corrected chi connectivity index (χ2v) is 6.51. The van der Waals surface area contributed by atoms with Crippen LogP contribution in [0.3, 0.4) is 0 Å². The van der Waals surface area contributed by atoms with Crippen molar-refractivity contribution in [1.82, 2.24) is 14.5 Å². The molecule has 21 heavy (non-hydrogen) atoms. The van der Waals surface area contributed by atoms with Gasteiger partial charge in [0.1, 0.15) is 5.82 Å². The fraction of sp³-hybridized carbons (Fsp3) is 0.308. The van der Waals surface area contributed by atoms with Crippen LogP contribution in [0.5, 0.6) is 0 Å². The van der Waals surface area contributed by atoms with Crippen LogP contribution in [-0.4, -0.2) is 24.7 Å². The Balaban J connectivity index is 2.08. The predicted molar refractivity (Wildman–Crippen MR) is 77.6 cm³/mol. The zero-order valence-corrected chi connectivity index (χ0v) is 12.6. The molecule has 1 aromatic heterocycles. The van der Waals surface area contributed by atoms with E-state index in [0.29, 0.717) is 6.42 Å². The number of aryl methyl sites for hydroxylation is 1. The van der Waals surface area contributed by atoms with E-state index in [1.807, 2.05) is 0 Å². The van der Waals surface area contributed by atoms with Crippen LogP contribution in [0.25, 0.3) is 0 Å². The third-order valence-electron chi connectivity index (χ3n) is 3.11. The van der Waals surface area contributed by atoms with Crippen molar-refractivity contribution in [2.75, 3.05) is 12.3 Å². The molecule has 2 aromatic rings. The molecule has 0 amide bonds. The number of hydrogen-bond donors (Lipinski definition) is 2. The van der Waals surface area contributed by atoms with Crippen molar-refractivity contribution < 1.29 is 12.8 Å². The molecule has 1 heterocycles. The second-order valence-electron chi connectivity index (χ2n) is 4.75. The lowest BCUT2D eigenvalue weighted by atomic mass is 10.2. The van der Waals surface area contributed by atoms with Crippen LogP contribution >= 0.6 is 0 Å². The van der Waals surface area contributed by atoms with Gasteiger partial charge in [0.2, 0.25) is 10.0 Å². The average molecular weight is 312 g/mol. The van der Waals surface area contributed by atoms with Gasteiger partial charge < -0.3 is 5.73 Å². The van der Waals surface area contributed by atoms with Gasteiger partial charge in [-0.25, -0.2) is 17.5 Å². The van der Waals surface area contributed by atoms with E-state index in [1.165, 1.54) is 13.0 Å². The van der Waals surface area contributed by atoms with Crippen LogP contribution in [0.2, 0.25) is 0 Å². The van der Waals surface area contributed by atoms with Crippen LogP contribution < -0.4 is 10.5 Å². The van der Waals surface area contributed by atoms with Gasteiger partial charge in [0.05, 0.1) is 10.6 Å². The number of nitrogens with two attached hydrogens (primary N) is 1. The van der Waals surface area contributed by atoms with Gasteiger partial charge >= 0.3 is 0 Å². The zero-order chi connectivity index (χ0) is 15.6. The third kappa shape index (κ3) is 3.59. The minimum absolute atomic E-state index is 0.111. The standard InChI is InChI=1S/C13H17FN4O2S/c1-9-12(14)7-11(8-13(9)15)21(19,20)16-5-3-10-4-6-18(2)17-10/h4,6-8,16H,3,5,15H2,1-2H3. The summed E-state index contributed by atoms with van der Waals surface area (Å²) < 4.78 is 41.8. The van der Waals surface area contributed by atoms with Crippen molar-refractivity contribution in [2.24, 2.45) is 7.05 Å². The Morgan fingerprint density at radius 1 is 1.43 bits per heavy atom. The maximum atomic E-state index is 13.6. The van der Waals surface area contributed by atoms with E-state index in [-0.39, 0.29) is 22.7 Å². The molecule has 1 aromatic carbocycles. The molecule has 3 N–H and O–H groups in total. The largest absolute Gasteiger partial charge is 0.398 e. The van der Waals surface area contributed by atoms with Crippen LogP contribution in [0, 0.1) is 12.7 Å². The molecule has 0 aliphatic rings. The highest BCUT2D eigenvalue weighted by molar-refractivity contribution is 7.89. The van der Waals surface area contributed by atoms with Gasteiger partial charge in [-0.2, -0.15) is 5.10 Å². The third-order valence-corrected chi connectivity index (χ3v) is 4.55. The maximum Gasteiger partial charge on any atom is 0.240 e. The van der Waals surface area contributed by atoms with Crippen molar-refractivity contribution in [3.63, 3.8) is 0 Å². The summed E-state index contributed by atoms with van der Waals surface area (Å²) in [7, 11) is -2.01. The van der Waals surface area contributed by atoms with E-state index in [0.717, 1.165) is 11.8 Å². The summed E-state index contributed by atoms with van der Waals surface area (Å²) in [5.74, 6) is -0.639. The summed E-state index contributed by atoms with van der Waals surface area (Å²) in [6, 6.07) is 4.02. The van der Waals surface area contributed by atoms with Crippen molar-refractivity contribution in [3.05, 3.63) is 41.5 Å². The molecule has 0 unspecified atom stereocenters. The van der Waals surface area contributed by atoms with E-state index in [2.05, 4.69) is 9.82 Å². The van der Waals surface area contributed by atoms with E-state index >= 15 is 0 Å². The molecule has 0 radical (unpaired) electrons. The molecule has 0 bridgehead atoms. The van der Waals surface area contributed by atoms with Gasteiger partial charge in [-0.05, 0) is 25.1 Å². The molecule has 0 aliphatic carbocycles. The monoisotopic (exact) mass is 312 g/mol. The lowest BCUT2D eigenvalue weighted by molar-refractivity contribution is 0.576. The first-order chi connectivity index (χ1) is 9.79. The summed E-state index contributed by atoms with van der Waals surface area (Å²) in [4.78, 5) is -0.177.